The fraction of sp³-hybridized carbons (Fsp3) is 0.588. The molecule has 0 unspecified atom stereocenters. The molecule has 5 nitrogen and oxygen atoms in total. The average molecular weight is 360 g/mol. The van der Waals surface area contributed by atoms with Crippen LogP contribution in [0.4, 0.5) is 13.2 Å². The summed E-state index contributed by atoms with van der Waals surface area (Å²) in [7, 11) is 5.78. The van der Waals surface area contributed by atoms with Crippen molar-refractivity contribution in [2.75, 3.05) is 40.8 Å². The second kappa shape index (κ2) is 10.9. The molecule has 0 aliphatic heterocycles. The van der Waals surface area contributed by atoms with Crippen LogP contribution in [-0.2, 0) is 17.9 Å². The van der Waals surface area contributed by atoms with Crippen molar-refractivity contribution < 1.29 is 17.9 Å². The number of aliphatic imine (C=N–C) groups is 1. The second-order valence-electron chi connectivity index (χ2n) is 5.93. The first-order chi connectivity index (χ1) is 11.8. The summed E-state index contributed by atoms with van der Waals surface area (Å²) in [5.74, 6) is 0.719. The molecule has 0 saturated carbocycles. The molecule has 0 atom stereocenters. The largest absolute Gasteiger partial charge is 0.411 e. The number of alkyl halides is 3. The fourth-order valence-corrected chi connectivity index (χ4v) is 2.05. The van der Waals surface area contributed by atoms with Crippen molar-refractivity contribution in [1.29, 1.82) is 0 Å². The Kier molecular flexibility index (Phi) is 9.30. The van der Waals surface area contributed by atoms with E-state index in [-0.39, 0.29) is 6.61 Å². The molecule has 142 valence electrons. The van der Waals surface area contributed by atoms with Crippen LogP contribution in [0.3, 0.4) is 0 Å². The highest BCUT2D eigenvalue weighted by atomic mass is 19.4. The van der Waals surface area contributed by atoms with Crippen molar-refractivity contribution in [3.05, 3.63) is 35.4 Å². The molecular formula is C17H27F3N4O. The van der Waals surface area contributed by atoms with Crippen molar-refractivity contribution in [3.63, 3.8) is 0 Å². The van der Waals surface area contributed by atoms with Gasteiger partial charge in [0.2, 0.25) is 0 Å². The van der Waals surface area contributed by atoms with Gasteiger partial charge in [0.05, 0.1) is 6.61 Å². The van der Waals surface area contributed by atoms with Gasteiger partial charge in [-0.2, -0.15) is 13.2 Å². The van der Waals surface area contributed by atoms with Crippen LogP contribution in [0.25, 0.3) is 0 Å². The molecule has 0 radical (unpaired) electrons. The van der Waals surface area contributed by atoms with Crippen molar-refractivity contribution in [2.45, 2.75) is 25.7 Å². The Labute approximate surface area is 147 Å². The summed E-state index contributed by atoms with van der Waals surface area (Å²) in [5, 5.41) is 6.44. The minimum absolute atomic E-state index is 0.0533. The van der Waals surface area contributed by atoms with E-state index >= 15 is 0 Å². The molecule has 8 heteroatoms. The summed E-state index contributed by atoms with van der Waals surface area (Å²) in [6.45, 7) is 1.13. The Balaban J connectivity index is 2.31. The molecular weight excluding hydrogens is 333 g/mol. The lowest BCUT2D eigenvalue weighted by atomic mass is 10.1. The SMILES string of the molecule is CN=C(NCCCN(C)C)NCc1ccc(COCC(F)(F)F)cc1. The van der Waals surface area contributed by atoms with E-state index in [0.717, 1.165) is 31.0 Å². The predicted octanol–water partition coefficient (Wildman–Crippen LogP) is 2.38. The summed E-state index contributed by atoms with van der Waals surface area (Å²) >= 11 is 0. The molecule has 0 spiro atoms. The van der Waals surface area contributed by atoms with Gasteiger partial charge in [0.1, 0.15) is 6.61 Å². The second-order valence-corrected chi connectivity index (χ2v) is 5.93. The van der Waals surface area contributed by atoms with E-state index in [1.54, 1.807) is 19.2 Å². The molecule has 0 aliphatic carbocycles. The number of benzene rings is 1. The fourth-order valence-electron chi connectivity index (χ4n) is 2.05. The van der Waals surface area contributed by atoms with E-state index in [4.69, 9.17) is 0 Å². The summed E-state index contributed by atoms with van der Waals surface area (Å²) in [5.41, 5.74) is 1.72. The number of nitrogens with one attached hydrogen (secondary N) is 2. The maximum Gasteiger partial charge on any atom is 0.411 e. The molecule has 0 amide bonds. The third kappa shape index (κ3) is 10.6. The van der Waals surface area contributed by atoms with Crippen LogP contribution >= 0.6 is 0 Å². The van der Waals surface area contributed by atoms with Gasteiger partial charge in [-0.1, -0.05) is 24.3 Å². The number of rotatable bonds is 9. The van der Waals surface area contributed by atoms with Crippen molar-refractivity contribution in [1.82, 2.24) is 15.5 Å². The highest BCUT2D eigenvalue weighted by molar-refractivity contribution is 5.79. The van der Waals surface area contributed by atoms with Crippen molar-refractivity contribution in [3.8, 4) is 0 Å². The molecule has 1 rings (SSSR count). The summed E-state index contributed by atoms with van der Waals surface area (Å²) in [6, 6.07) is 7.25. The number of halogens is 3. The van der Waals surface area contributed by atoms with Gasteiger partial charge >= 0.3 is 6.18 Å². The van der Waals surface area contributed by atoms with Crippen LogP contribution in [0, 0.1) is 0 Å². The Hall–Kier alpha value is -1.80. The highest BCUT2D eigenvalue weighted by Crippen LogP contribution is 2.15. The van der Waals surface area contributed by atoms with Gasteiger partial charge in [0.15, 0.2) is 5.96 Å². The zero-order chi connectivity index (χ0) is 18.7. The first-order valence-electron chi connectivity index (χ1n) is 8.11. The van der Waals surface area contributed by atoms with Gasteiger partial charge in [-0.15, -0.1) is 0 Å². The average Bonchev–Trinajstić information content (AvgIpc) is 2.54. The maximum absolute atomic E-state index is 12.0. The lowest BCUT2D eigenvalue weighted by Gasteiger charge is -2.14. The number of hydrogen-bond acceptors (Lipinski definition) is 3. The quantitative estimate of drug-likeness (QED) is 0.403. The lowest BCUT2D eigenvalue weighted by Crippen LogP contribution is -2.38. The van der Waals surface area contributed by atoms with E-state index in [0.29, 0.717) is 12.1 Å². The van der Waals surface area contributed by atoms with Crippen LogP contribution in [-0.4, -0.2) is 57.9 Å². The number of ether oxygens (including phenoxy) is 1. The van der Waals surface area contributed by atoms with Crippen LogP contribution in [0.2, 0.25) is 0 Å². The van der Waals surface area contributed by atoms with Crippen LogP contribution < -0.4 is 10.6 Å². The zero-order valence-corrected chi connectivity index (χ0v) is 15.0. The third-order valence-corrected chi connectivity index (χ3v) is 3.32. The Morgan fingerprint density at radius 3 is 2.32 bits per heavy atom. The summed E-state index contributed by atoms with van der Waals surface area (Å²) in [4.78, 5) is 6.28. The molecule has 2 N–H and O–H groups in total. The van der Waals surface area contributed by atoms with Crippen molar-refractivity contribution >= 4 is 5.96 Å². The van der Waals surface area contributed by atoms with Crippen LogP contribution in [0.5, 0.6) is 0 Å². The van der Waals surface area contributed by atoms with Gasteiger partial charge in [0, 0.05) is 20.1 Å². The Morgan fingerprint density at radius 1 is 1.12 bits per heavy atom. The lowest BCUT2D eigenvalue weighted by molar-refractivity contribution is -0.176. The van der Waals surface area contributed by atoms with Gasteiger partial charge in [-0.25, -0.2) is 0 Å². The number of nitrogens with zero attached hydrogens (tertiary/aromatic N) is 2. The van der Waals surface area contributed by atoms with E-state index in [1.165, 1.54) is 0 Å². The van der Waals surface area contributed by atoms with E-state index in [2.05, 4.69) is 25.3 Å². The maximum atomic E-state index is 12.0. The van der Waals surface area contributed by atoms with Gasteiger partial charge in [0.25, 0.3) is 0 Å². The Bertz CT molecular complexity index is 516. The smallest absolute Gasteiger partial charge is 0.367 e. The van der Waals surface area contributed by atoms with Crippen LogP contribution in [0.1, 0.15) is 17.5 Å². The van der Waals surface area contributed by atoms with Gasteiger partial charge in [-0.05, 0) is 38.2 Å². The normalized spacial score (nSPS) is 12.5. The summed E-state index contributed by atoms with van der Waals surface area (Å²) in [6.07, 6.45) is -3.28. The summed E-state index contributed by atoms with van der Waals surface area (Å²) < 4.78 is 40.7. The minimum atomic E-state index is -4.29. The standard InChI is InChI=1S/C17H27F3N4O/c1-21-16(22-9-4-10-24(2)3)23-11-14-5-7-15(8-6-14)12-25-13-17(18,19)20/h5-8H,4,9-13H2,1-3H3,(H2,21,22,23). The monoisotopic (exact) mass is 360 g/mol. The molecule has 0 saturated heterocycles. The molecule has 1 aromatic carbocycles. The van der Waals surface area contributed by atoms with Gasteiger partial charge < -0.3 is 20.3 Å². The molecule has 0 bridgehead atoms. The van der Waals surface area contributed by atoms with Crippen molar-refractivity contribution in [2.24, 2.45) is 4.99 Å². The highest BCUT2D eigenvalue weighted by Gasteiger charge is 2.27. The van der Waals surface area contributed by atoms with Crippen LogP contribution in [0.15, 0.2) is 29.3 Å². The molecule has 1 aromatic rings. The topological polar surface area (TPSA) is 48.9 Å². The minimum Gasteiger partial charge on any atom is -0.367 e. The first kappa shape index (κ1) is 21.2. The van der Waals surface area contributed by atoms with E-state index < -0.39 is 12.8 Å². The predicted molar refractivity (Wildman–Crippen MR) is 93.5 cm³/mol. The van der Waals surface area contributed by atoms with Gasteiger partial charge in [-0.3, -0.25) is 4.99 Å². The molecule has 0 aliphatic rings. The third-order valence-electron chi connectivity index (χ3n) is 3.32. The first-order valence-corrected chi connectivity index (χ1v) is 8.11. The molecule has 0 aromatic heterocycles. The Morgan fingerprint density at radius 2 is 1.76 bits per heavy atom. The van der Waals surface area contributed by atoms with E-state index in [1.807, 2.05) is 26.2 Å². The molecule has 0 heterocycles. The number of hydrogen-bond donors (Lipinski definition) is 2. The number of guanidine groups is 1. The molecule has 0 fully saturated rings. The molecule has 25 heavy (non-hydrogen) atoms. The zero-order valence-electron chi connectivity index (χ0n) is 15.0. The van der Waals surface area contributed by atoms with E-state index in [9.17, 15) is 13.2 Å².